The van der Waals surface area contributed by atoms with Crippen LogP contribution in [0.3, 0.4) is 0 Å². The minimum absolute atomic E-state index is 0.116. The number of piperidine rings is 2. The summed E-state index contributed by atoms with van der Waals surface area (Å²) in [5.41, 5.74) is 1.70. The molecule has 6 heteroatoms. The molecule has 0 spiro atoms. The van der Waals surface area contributed by atoms with Crippen molar-refractivity contribution in [3.05, 3.63) is 36.1 Å². The molecule has 0 radical (unpaired) electrons. The van der Waals surface area contributed by atoms with Gasteiger partial charge in [-0.1, -0.05) is 18.2 Å². The quantitative estimate of drug-likeness (QED) is 0.712. The number of fused-ring (bicyclic) bond motifs is 1. The van der Waals surface area contributed by atoms with E-state index in [0.29, 0.717) is 18.9 Å². The van der Waals surface area contributed by atoms with Crippen molar-refractivity contribution in [3.8, 4) is 0 Å². The highest BCUT2D eigenvalue weighted by molar-refractivity contribution is 5.80. The van der Waals surface area contributed by atoms with Crippen molar-refractivity contribution >= 4 is 17.1 Å². The predicted molar refractivity (Wildman–Crippen MR) is 111 cm³/mol. The fourth-order valence-corrected chi connectivity index (χ4v) is 4.68. The molecule has 1 amide bonds. The van der Waals surface area contributed by atoms with Gasteiger partial charge in [0.25, 0.3) is 0 Å². The smallest absolute Gasteiger partial charge is 0.410 e. The Kier molecular flexibility index (Phi) is 5.56. The molecule has 4 rings (SSSR count). The summed E-state index contributed by atoms with van der Waals surface area (Å²) >= 11 is 0. The van der Waals surface area contributed by atoms with Crippen LogP contribution >= 0.6 is 0 Å². The molecule has 2 aliphatic heterocycles. The van der Waals surface area contributed by atoms with E-state index in [4.69, 9.17) is 9.15 Å². The zero-order valence-corrected chi connectivity index (χ0v) is 17.6. The summed E-state index contributed by atoms with van der Waals surface area (Å²) in [5, 5.41) is 1.14. The second kappa shape index (κ2) is 7.98. The highest BCUT2D eigenvalue weighted by Gasteiger charge is 2.38. The van der Waals surface area contributed by atoms with E-state index in [2.05, 4.69) is 23.1 Å². The van der Waals surface area contributed by atoms with Crippen molar-refractivity contribution in [2.45, 2.75) is 63.8 Å². The average Bonchev–Trinajstić information content (AvgIpc) is 3.16. The van der Waals surface area contributed by atoms with Gasteiger partial charge in [0, 0.05) is 18.0 Å². The van der Waals surface area contributed by atoms with E-state index in [1.807, 2.05) is 26.8 Å². The number of halogens is 1. The van der Waals surface area contributed by atoms with E-state index in [1.165, 1.54) is 10.5 Å². The van der Waals surface area contributed by atoms with Crippen LogP contribution in [0.4, 0.5) is 9.18 Å². The van der Waals surface area contributed by atoms with Crippen LogP contribution in [-0.2, 0) is 4.74 Å². The first-order chi connectivity index (χ1) is 13.8. The van der Waals surface area contributed by atoms with Crippen molar-refractivity contribution < 1.29 is 18.3 Å². The van der Waals surface area contributed by atoms with Crippen LogP contribution in [0, 0.1) is 0 Å². The lowest BCUT2D eigenvalue weighted by Crippen LogP contribution is -2.55. The van der Waals surface area contributed by atoms with Crippen LogP contribution in [0.25, 0.3) is 11.0 Å². The molecule has 0 aliphatic carbocycles. The number of ether oxygens (including phenoxy) is 1. The molecule has 2 unspecified atom stereocenters. The molecule has 5 nitrogen and oxygen atoms in total. The highest BCUT2D eigenvalue weighted by Crippen LogP contribution is 2.35. The fourth-order valence-electron chi connectivity index (χ4n) is 4.68. The molecule has 2 saturated heterocycles. The molecule has 0 saturated carbocycles. The molecule has 29 heavy (non-hydrogen) atoms. The van der Waals surface area contributed by atoms with Crippen LogP contribution in [-0.4, -0.2) is 59.9 Å². The van der Waals surface area contributed by atoms with Crippen LogP contribution in [0.5, 0.6) is 0 Å². The van der Waals surface area contributed by atoms with Crippen LogP contribution < -0.4 is 0 Å². The minimum atomic E-state index is -1.04. The third-order valence-electron chi connectivity index (χ3n) is 6.11. The monoisotopic (exact) mass is 402 g/mol. The van der Waals surface area contributed by atoms with E-state index >= 15 is 0 Å². The van der Waals surface area contributed by atoms with Gasteiger partial charge in [0.15, 0.2) is 0 Å². The first kappa shape index (κ1) is 20.2. The number of carbonyl (C=O) groups excluding carboxylic acids is 1. The second-order valence-corrected chi connectivity index (χ2v) is 9.29. The molecule has 158 valence electrons. The largest absolute Gasteiger partial charge is 0.464 e. The van der Waals surface area contributed by atoms with Crippen molar-refractivity contribution in [2.75, 3.05) is 26.2 Å². The summed E-state index contributed by atoms with van der Waals surface area (Å²) in [7, 11) is 0. The number of benzene rings is 1. The lowest BCUT2D eigenvalue weighted by atomic mass is 9.87. The van der Waals surface area contributed by atoms with E-state index in [9.17, 15) is 9.18 Å². The van der Waals surface area contributed by atoms with Gasteiger partial charge < -0.3 is 14.1 Å². The molecule has 0 bridgehead atoms. The second-order valence-electron chi connectivity index (χ2n) is 9.29. The summed E-state index contributed by atoms with van der Waals surface area (Å²) in [6.07, 6.45) is 2.94. The lowest BCUT2D eigenvalue weighted by Gasteiger charge is -2.43. The topological polar surface area (TPSA) is 45.9 Å². The number of alkyl halides is 1. The Labute approximate surface area is 171 Å². The van der Waals surface area contributed by atoms with Crippen molar-refractivity contribution in [2.24, 2.45) is 0 Å². The Balaban J connectivity index is 1.34. The third-order valence-corrected chi connectivity index (χ3v) is 6.11. The number of furan rings is 1. The number of rotatable bonds is 2. The number of amides is 1. The molecule has 2 fully saturated rings. The van der Waals surface area contributed by atoms with Gasteiger partial charge in [0.05, 0.1) is 12.8 Å². The molecule has 3 heterocycles. The fraction of sp³-hybridized carbons (Fsp3) is 0.609. The minimum Gasteiger partial charge on any atom is -0.464 e. The van der Waals surface area contributed by atoms with E-state index in [0.717, 1.165) is 36.9 Å². The molecular weight excluding hydrogens is 371 g/mol. The van der Waals surface area contributed by atoms with Gasteiger partial charge in [0.2, 0.25) is 0 Å². The summed E-state index contributed by atoms with van der Waals surface area (Å²) in [5.74, 6) is 0.445. The SMILES string of the molecule is CC(C)(C)OC(=O)N1CCC(N2CCC(c3cccc4ccoc34)CC2)C(F)C1. The van der Waals surface area contributed by atoms with Gasteiger partial charge in [-0.3, -0.25) is 4.90 Å². The first-order valence-corrected chi connectivity index (χ1v) is 10.6. The lowest BCUT2D eigenvalue weighted by molar-refractivity contribution is -0.00911. The Morgan fingerprint density at radius 1 is 1.14 bits per heavy atom. The molecular formula is C23H31FN2O3. The van der Waals surface area contributed by atoms with Crippen LogP contribution in [0.1, 0.15) is 51.5 Å². The van der Waals surface area contributed by atoms with Gasteiger partial charge >= 0.3 is 6.09 Å². The molecule has 1 aromatic heterocycles. The maximum atomic E-state index is 15.0. The van der Waals surface area contributed by atoms with Gasteiger partial charge in [-0.05, 0) is 70.7 Å². The van der Waals surface area contributed by atoms with Crippen molar-refractivity contribution in [1.29, 1.82) is 0 Å². The Hall–Kier alpha value is -2.08. The van der Waals surface area contributed by atoms with Crippen molar-refractivity contribution in [3.63, 3.8) is 0 Å². The maximum Gasteiger partial charge on any atom is 0.410 e. The summed E-state index contributed by atoms with van der Waals surface area (Å²) in [6.45, 7) is 7.91. The van der Waals surface area contributed by atoms with E-state index in [-0.39, 0.29) is 12.6 Å². The number of hydrogen-bond acceptors (Lipinski definition) is 4. The molecule has 0 N–H and O–H groups in total. The van der Waals surface area contributed by atoms with Gasteiger partial charge in [-0.25, -0.2) is 9.18 Å². The molecule has 2 atom stereocenters. The zero-order valence-electron chi connectivity index (χ0n) is 17.6. The standard InChI is InChI=1S/C23H31FN2O3/c1-23(2,3)29-22(27)26-13-9-20(19(24)15-26)25-11-7-16(8-12-25)18-6-4-5-17-10-14-28-21(17)18/h4-6,10,14,16,19-20H,7-9,11-13,15H2,1-3H3. The summed E-state index contributed by atoms with van der Waals surface area (Å²) < 4.78 is 26.1. The first-order valence-electron chi connectivity index (χ1n) is 10.6. The molecule has 2 aromatic rings. The average molecular weight is 403 g/mol. The normalized spacial score (nSPS) is 24.8. The van der Waals surface area contributed by atoms with Gasteiger partial charge in [0.1, 0.15) is 17.4 Å². The van der Waals surface area contributed by atoms with Crippen LogP contribution in [0.15, 0.2) is 34.9 Å². The third kappa shape index (κ3) is 4.42. The number of hydrogen-bond donors (Lipinski definition) is 0. The summed E-state index contributed by atoms with van der Waals surface area (Å²) in [6, 6.07) is 8.20. The Bertz CT molecular complexity index is 851. The maximum absolute atomic E-state index is 15.0. The number of likely N-dealkylation sites (tertiary alicyclic amines) is 2. The van der Waals surface area contributed by atoms with Crippen molar-refractivity contribution in [1.82, 2.24) is 9.80 Å². The van der Waals surface area contributed by atoms with E-state index < -0.39 is 17.9 Å². The number of nitrogens with zero attached hydrogens (tertiary/aromatic N) is 2. The van der Waals surface area contributed by atoms with Gasteiger partial charge in [-0.2, -0.15) is 0 Å². The number of carbonyl (C=O) groups is 1. The highest BCUT2D eigenvalue weighted by atomic mass is 19.1. The predicted octanol–water partition coefficient (Wildman–Crippen LogP) is 4.96. The zero-order chi connectivity index (χ0) is 20.6. The Morgan fingerprint density at radius 2 is 1.90 bits per heavy atom. The van der Waals surface area contributed by atoms with Gasteiger partial charge in [-0.15, -0.1) is 0 Å². The molecule has 1 aromatic carbocycles. The summed E-state index contributed by atoms with van der Waals surface area (Å²) in [4.78, 5) is 16.0. The van der Waals surface area contributed by atoms with E-state index in [1.54, 1.807) is 6.26 Å². The van der Waals surface area contributed by atoms with Crippen LogP contribution in [0.2, 0.25) is 0 Å². The Morgan fingerprint density at radius 3 is 2.59 bits per heavy atom. The molecule has 2 aliphatic rings. The number of para-hydroxylation sites is 1.